The minimum Gasteiger partial charge on any atom is -0.478 e. The van der Waals surface area contributed by atoms with E-state index in [1.54, 1.807) is 23.6 Å². The summed E-state index contributed by atoms with van der Waals surface area (Å²) in [5.41, 5.74) is 0. The zero-order valence-electron chi connectivity index (χ0n) is 10.0. The van der Waals surface area contributed by atoms with Gasteiger partial charge in [-0.05, 0) is 41.4 Å². The summed E-state index contributed by atoms with van der Waals surface area (Å²) in [6, 6.07) is 5.94. The van der Waals surface area contributed by atoms with Crippen LogP contribution in [0.25, 0.3) is 0 Å². The van der Waals surface area contributed by atoms with Gasteiger partial charge >= 0.3 is 0 Å². The first kappa shape index (κ1) is 13.3. The molecule has 0 aliphatic rings. The Bertz CT molecular complexity index is 504. The molecule has 0 atom stereocenters. The van der Waals surface area contributed by atoms with Gasteiger partial charge in [-0.2, -0.15) is 4.98 Å². The Morgan fingerprint density at radius 3 is 3.00 bits per heavy atom. The molecule has 2 aromatic heterocycles. The molecule has 18 heavy (non-hydrogen) atoms. The van der Waals surface area contributed by atoms with Crippen LogP contribution in [0.15, 0.2) is 28.2 Å². The molecule has 0 spiro atoms. The fourth-order valence-corrected chi connectivity index (χ4v) is 2.92. The van der Waals surface area contributed by atoms with Gasteiger partial charge < -0.3 is 10.1 Å². The van der Waals surface area contributed by atoms with E-state index in [2.05, 4.69) is 43.3 Å². The highest BCUT2D eigenvalue weighted by atomic mass is 79.9. The minimum absolute atomic E-state index is 0.605. The topological polar surface area (TPSA) is 47.0 Å². The van der Waals surface area contributed by atoms with Crippen LogP contribution in [0.5, 0.6) is 5.88 Å². The second-order valence-electron chi connectivity index (χ2n) is 3.53. The number of halogens is 1. The van der Waals surface area contributed by atoms with Crippen LogP contribution in [0.1, 0.15) is 11.8 Å². The molecule has 2 rings (SSSR count). The van der Waals surface area contributed by atoms with Crippen LogP contribution in [0.4, 0.5) is 5.95 Å². The summed E-state index contributed by atoms with van der Waals surface area (Å²) in [7, 11) is 0. The maximum Gasteiger partial charge on any atom is 0.225 e. The van der Waals surface area contributed by atoms with Crippen molar-refractivity contribution in [3.05, 3.63) is 33.1 Å². The number of hydrogen-bond donors (Lipinski definition) is 1. The molecule has 0 amide bonds. The van der Waals surface area contributed by atoms with Crippen LogP contribution < -0.4 is 10.1 Å². The third kappa shape index (κ3) is 3.96. The molecule has 0 saturated carbocycles. The maximum absolute atomic E-state index is 5.32. The molecule has 1 N–H and O–H groups in total. The zero-order valence-corrected chi connectivity index (χ0v) is 12.4. The molecule has 2 aromatic rings. The Hall–Kier alpha value is -1.14. The van der Waals surface area contributed by atoms with E-state index in [4.69, 9.17) is 4.74 Å². The number of rotatable bonds is 6. The van der Waals surface area contributed by atoms with Crippen LogP contribution in [0.2, 0.25) is 0 Å². The van der Waals surface area contributed by atoms with Crippen molar-refractivity contribution < 1.29 is 4.74 Å². The van der Waals surface area contributed by atoms with E-state index in [0.717, 1.165) is 16.8 Å². The van der Waals surface area contributed by atoms with Crippen molar-refractivity contribution in [2.45, 2.75) is 13.3 Å². The lowest BCUT2D eigenvalue weighted by Crippen LogP contribution is -2.08. The molecule has 0 saturated heterocycles. The third-order valence-corrected chi connectivity index (χ3v) is 3.89. The molecule has 4 nitrogen and oxygen atoms in total. The Kier molecular flexibility index (Phi) is 4.95. The van der Waals surface area contributed by atoms with Crippen molar-refractivity contribution in [3.8, 4) is 5.88 Å². The molecule has 0 radical (unpaired) electrons. The van der Waals surface area contributed by atoms with E-state index in [1.165, 1.54) is 4.88 Å². The standard InChI is InChI=1S/C12H14BrN3OS/c1-2-17-11-6-8-15-12(16-11)14-7-5-9-3-4-10(13)18-9/h3-4,6,8H,2,5,7H2,1H3,(H,14,15,16). The highest BCUT2D eigenvalue weighted by Crippen LogP contribution is 2.22. The van der Waals surface area contributed by atoms with Crippen molar-refractivity contribution in [2.75, 3.05) is 18.5 Å². The molecule has 96 valence electrons. The summed E-state index contributed by atoms with van der Waals surface area (Å²) >= 11 is 5.20. The van der Waals surface area contributed by atoms with Crippen LogP contribution in [0, 0.1) is 0 Å². The molecule has 6 heteroatoms. The number of aromatic nitrogens is 2. The van der Waals surface area contributed by atoms with E-state index in [1.807, 2.05) is 6.92 Å². The zero-order chi connectivity index (χ0) is 12.8. The molecular formula is C12H14BrN3OS. The first-order chi connectivity index (χ1) is 8.78. The number of thiophene rings is 1. The smallest absolute Gasteiger partial charge is 0.225 e. The predicted molar refractivity (Wildman–Crippen MR) is 77.4 cm³/mol. The lowest BCUT2D eigenvalue weighted by Gasteiger charge is -2.05. The van der Waals surface area contributed by atoms with Gasteiger partial charge in [0.1, 0.15) is 0 Å². The quantitative estimate of drug-likeness (QED) is 0.883. The summed E-state index contributed by atoms with van der Waals surface area (Å²) in [5, 5.41) is 3.19. The molecule has 0 aliphatic heterocycles. The number of hydrogen-bond acceptors (Lipinski definition) is 5. The van der Waals surface area contributed by atoms with Crippen molar-refractivity contribution in [2.24, 2.45) is 0 Å². The molecule has 0 fully saturated rings. The Morgan fingerprint density at radius 1 is 1.39 bits per heavy atom. The molecule has 0 aromatic carbocycles. The van der Waals surface area contributed by atoms with E-state index < -0.39 is 0 Å². The Labute approximate surface area is 119 Å². The van der Waals surface area contributed by atoms with E-state index in [-0.39, 0.29) is 0 Å². The van der Waals surface area contributed by atoms with Gasteiger partial charge in [0.2, 0.25) is 11.8 Å². The summed E-state index contributed by atoms with van der Waals surface area (Å²) in [6.07, 6.45) is 2.65. The number of anilines is 1. The van der Waals surface area contributed by atoms with Crippen LogP contribution in [-0.2, 0) is 6.42 Å². The second kappa shape index (κ2) is 6.70. The van der Waals surface area contributed by atoms with E-state index in [9.17, 15) is 0 Å². The van der Waals surface area contributed by atoms with Gasteiger partial charge in [0.25, 0.3) is 0 Å². The number of ether oxygens (including phenoxy) is 1. The van der Waals surface area contributed by atoms with Crippen molar-refractivity contribution >= 4 is 33.2 Å². The van der Waals surface area contributed by atoms with Gasteiger partial charge in [0.15, 0.2) is 0 Å². The average Bonchev–Trinajstić information content (AvgIpc) is 2.76. The molecule has 2 heterocycles. The van der Waals surface area contributed by atoms with Crippen molar-refractivity contribution in [1.29, 1.82) is 0 Å². The predicted octanol–water partition coefficient (Wildman–Crippen LogP) is 3.35. The second-order valence-corrected chi connectivity index (χ2v) is 6.08. The lowest BCUT2D eigenvalue weighted by atomic mass is 10.3. The van der Waals surface area contributed by atoms with Crippen LogP contribution in [-0.4, -0.2) is 23.1 Å². The first-order valence-electron chi connectivity index (χ1n) is 5.72. The maximum atomic E-state index is 5.32. The summed E-state index contributed by atoms with van der Waals surface area (Å²) < 4.78 is 6.48. The monoisotopic (exact) mass is 327 g/mol. The highest BCUT2D eigenvalue weighted by Gasteiger charge is 2.01. The third-order valence-electron chi connectivity index (χ3n) is 2.21. The van der Waals surface area contributed by atoms with Crippen LogP contribution in [0.3, 0.4) is 0 Å². The normalized spacial score (nSPS) is 10.3. The van der Waals surface area contributed by atoms with Gasteiger partial charge in [-0.3, -0.25) is 0 Å². The Morgan fingerprint density at radius 2 is 2.28 bits per heavy atom. The number of nitrogens with one attached hydrogen (secondary N) is 1. The number of nitrogens with zero attached hydrogens (tertiary/aromatic N) is 2. The summed E-state index contributed by atoms with van der Waals surface area (Å²) in [4.78, 5) is 9.73. The fourth-order valence-electron chi connectivity index (χ4n) is 1.44. The largest absolute Gasteiger partial charge is 0.478 e. The molecule has 0 aliphatic carbocycles. The summed E-state index contributed by atoms with van der Waals surface area (Å²) in [6.45, 7) is 3.35. The Balaban J connectivity index is 1.84. The lowest BCUT2D eigenvalue weighted by molar-refractivity contribution is 0.326. The van der Waals surface area contributed by atoms with Gasteiger partial charge in [0, 0.05) is 23.7 Å². The highest BCUT2D eigenvalue weighted by molar-refractivity contribution is 9.11. The average molecular weight is 328 g/mol. The van der Waals surface area contributed by atoms with Gasteiger partial charge in [-0.25, -0.2) is 4.98 Å². The summed E-state index contributed by atoms with van der Waals surface area (Å²) in [5.74, 6) is 1.21. The van der Waals surface area contributed by atoms with Gasteiger partial charge in [0.05, 0.1) is 10.4 Å². The fraction of sp³-hybridized carbons (Fsp3) is 0.333. The van der Waals surface area contributed by atoms with Crippen molar-refractivity contribution in [1.82, 2.24) is 9.97 Å². The minimum atomic E-state index is 0.605. The SMILES string of the molecule is CCOc1ccnc(NCCc2ccc(Br)s2)n1. The van der Waals surface area contributed by atoms with E-state index >= 15 is 0 Å². The van der Waals surface area contributed by atoms with Crippen LogP contribution >= 0.6 is 27.3 Å². The van der Waals surface area contributed by atoms with Crippen molar-refractivity contribution in [3.63, 3.8) is 0 Å². The molecule has 0 bridgehead atoms. The molecular weight excluding hydrogens is 314 g/mol. The first-order valence-corrected chi connectivity index (χ1v) is 7.33. The van der Waals surface area contributed by atoms with Gasteiger partial charge in [-0.15, -0.1) is 11.3 Å². The van der Waals surface area contributed by atoms with E-state index in [0.29, 0.717) is 18.4 Å². The molecule has 0 unspecified atom stereocenters. The van der Waals surface area contributed by atoms with Gasteiger partial charge in [-0.1, -0.05) is 0 Å².